The minimum Gasteiger partial charge on any atom is -0.366 e. The second-order valence-corrected chi connectivity index (χ2v) is 11.2. The van der Waals surface area contributed by atoms with E-state index in [0.29, 0.717) is 12.2 Å². The Labute approximate surface area is 207 Å². The summed E-state index contributed by atoms with van der Waals surface area (Å²) < 4.78 is 43.5. The van der Waals surface area contributed by atoms with Gasteiger partial charge in [-0.25, -0.2) is 12.8 Å². The normalized spacial score (nSPS) is 16.9. The van der Waals surface area contributed by atoms with Gasteiger partial charge in [0, 0.05) is 47.1 Å². The molecule has 1 aliphatic rings. The molecule has 0 unspecified atom stereocenters. The van der Waals surface area contributed by atoms with Gasteiger partial charge in [-0.3, -0.25) is 4.79 Å². The molecule has 178 valence electrons. The third-order valence-electron chi connectivity index (χ3n) is 5.84. The molecular weight excluding hydrogens is 521 g/mol. The number of aryl methyl sites for hydroxylation is 1. The number of carbonyl (C=O) groups is 1. The number of hydrogen-bond donors (Lipinski definition) is 1. The zero-order chi connectivity index (χ0) is 24.5. The van der Waals surface area contributed by atoms with Gasteiger partial charge in [0.05, 0.1) is 0 Å². The lowest BCUT2D eigenvalue weighted by Gasteiger charge is -2.40. The highest BCUT2D eigenvalue weighted by Crippen LogP contribution is 2.27. The van der Waals surface area contributed by atoms with E-state index < -0.39 is 26.6 Å². The lowest BCUT2D eigenvalue weighted by Crippen LogP contribution is -2.53. The fraction of sp³-hybridized carbons (Fsp3) is 0.240. The molecule has 0 aliphatic carbocycles. The van der Waals surface area contributed by atoms with Crippen LogP contribution >= 0.6 is 15.9 Å². The van der Waals surface area contributed by atoms with Gasteiger partial charge in [0.2, 0.25) is 10.0 Å². The second kappa shape index (κ2) is 9.85. The summed E-state index contributed by atoms with van der Waals surface area (Å²) in [5, 5.41) is 2.70. The number of rotatable bonds is 5. The van der Waals surface area contributed by atoms with Gasteiger partial charge in [0.25, 0.3) is 5.91 Å². The molecule has 3 aromatic rings. The molecular formula is C25H25BrFN3O3S. The molecule has 9 heteroatoms. The Morgan fingerprint density at radius 3 is 2.47 bits per heavy atom. The Morgan fingerprint density at radius 2 is 1.79 bits per heavy atom. The molecule has 34 heavy (non-hydrogen) atoms. The first-order chi connectivity index (χ1) is 16.1. The molecule has 0 aromatic heterocycles. The Hall–Kier alpha value is -2.75. The third kappa shape index (κ3) is 5.16. The van der Waals surface area contributed by atoms with Crippen LogP contribution in [0.5, 0.6) is 0 Å². The van der Waals surface area contributed by atoms with E-state index in [9.17, 15) is 17.6 Å². The summed E-state index contributed by atoms with van der Waals surface area (Å²) in [4.78, 5) is 14.3. The number of benzene rings is 3. The van der Waals surface area contributed by atoms with Gasteiger partial charge >= 0.3 is 0 Å². The van der Waals surface area contributed by atoms with Crippen LogP contribution in [0.15, 0.2) is 76.1 Å². The van der Waals surface area contributed by atoms with E-state index in [-0.39, 0.29) is 24.7 Å². The van der Waals surface area contributed by atoms with E-state index in [2.05, 4.69) is 32.2 Å². The topological polar surface area (TPSA) is 69.7 Å². The quantitative estimate of drug-likeness (QED) is 0.487. The minimum atomic E-state index is -4.13. The molecule has 3 aromatic carbocycles. The van der Waals surface area contributed by atoms with Gasteiger partial charge in [-0.05, 0) is 74.0 Å². The highest BCUT2D eigenvalue weighted by Gasteiger charge is 2.34. The second-order valence-electron chi connectivity index (χ2n) is 8.35. The number of nitrogens with one attached hydrogen (secondary N) is 1. The van der Waals surface area contributed by atoms with E-state index in [0.717, 1.165) is 27.9 Å². The molecule has 1 amide bonds. The Morgan fingerprint density at radius 1 is 1.06 bits per heavy atom. The van der Waals surface area contributed by atoms with Crippen molar-refractivity contribution in [2.45, 2.75) is 24.8 Å². The first-order valence-corrected chi connectivity index (χ1v) is 13.1. The van der Waals surface area contributed by atoms with Crippen molar-refractivity contribution in [3.05, 3.63) is 88.1 Å². The van der Waals surface area contributed by atoms with E-state index in [1.807, 2.05) is 32.0 Å². The number of sulfonamides is 1. The summed E-state index contributed by atoms with van der Waals surface area (Å²) in [6.45, 7) is 4.87. The molecule has 1 aliphatic heterocycles. The molecule has 0 bridgehead atoms. The van der Waals surface area contributed by atoms with Crippen molar-refractivity contribution in [1.29, 1.82) is 0 Å². The maximum atomic E-state index is 14.7. The van der Waals surface area contributed by atoms with E-state index in [1.165, 1.54) is 10.4 Å². The fourth-order valence-electron chi connectivity index (χ4n) is 4.05. The molecule has 1 fully saturated rings. The predicted molar refractivity (Wildman–Crippen MR) is 135 cm³/mol. The van der Waals surface area contributed by atoms with Crippen LogP contribution in [-0.4, -0.2) is 44.3 Å². The molecule has 0 spiro atoms. The number of anilines is 2. The van der Waals surface area contributed by atoms with Gasteiger partial charge < -0.3 is 10.2 Å². The molecule has 1 heterocycles. The van der Waals surface area contributed by atoms with Gasteiger partial charge in [-0.2, -0.15) is 4.31 Å². The predicted octanol–water partition coefficient (Wildman–Crippen LogP) is 5.05. The SMILES string of the molecule is Cc1cccc(N2CCN(S(=O)(=O)c3cc(C(=O)Nc4ccc(Br)cc4)ccc3F)C[C@@H]2C)c1. The molecule has 1 saturated heterocycles. The van der Waals surface area contributed by atoms with Crippen LogP contribution in [0.3, 0.4) is 0 Å². The lowest BCUT2D eigenvalue weighted by atomic mass is 10.1. The van der Waals surface area contributed by atoms with Crippen LogP contribution in [0, 0.1) is 12.7 Å². The number of nitrogens with zero attached hydrogens (tertiary/aromatic N) is 2. The number of halogens is 2. The van der Waals surface area contributed by atoms with Crippen LogP contribution in [-0.2, 0) is 10.0 Å². The van der Waals surface area contributed by atoms with Crippen LogP contribution in [0.2, 0.25) is 0 Å². The summed E-state index contributed by atoms with van der Waals surface area (Å²) in [7, 11) is -4.13. The Bertz CT molecular complexity index is 1320. The van der Waals surface area contributed by atoms with Gasteiger partial charge in [-0.1, -0.05) is 28.1 Å². The van der Waals surface area contributed by atoms with Crippen LogP contribution < -0.4 is 10.2 Å². The summed E-state index contributed by atoms with van der Waals surface area (Å²) in [6.07, 6.45) is 0. The Kier molecular flexibility index (Phi) is 7.06. The van der Waals surface area contributed by atoms with Crippen molar-refractivity contribution in [3.63, 3.8) is 0 Å². The van der Waals surface area contributed by atoms with Crippen molar-refractivity contribution in [1.82, 2.24) is 4.31 Å². The van der Waals surface area contributed by atoms with E-state index >= 15 is 0 Å². The van der Waals surface area contributed by atoms with E-state index in [4.69, 9.17) is 0 Å². The fourth-order valence-corrected chi connectivity index (χ4v) is 5.92. The molecule has 4 rings (SSSR count). The average Bonchev–Trinajstić information content (AvgIpc) is 2.80. The number of piperazine rings is 1. The van der Waals surface area contributed by atoms with Crippen molar-refractivity contribution in [2.24, 2.45) is 0 Å². The zero-order valence-electron chi connectivity index (χ0n) is 18.8. The largest absolute Gasteiger partial charge is 0.366 e. The van der Waals surface area contributed by atoms with Crippen molar-refractivity contribution < 1.29 is 17.6 Å². The monoisotopic (exact) mass is 545 g/mol. The number of hydrogen-bond acceptors (Lipinski definition) is 4. The summed E-state index contributed by atoms with van der Waals surface area (Å²) >= 11 is 3.33. The maximum Gasteiger partial charge on any atom is 0.255 e. The van der Waals surface area contributed by atoms with E-state index in [1.54, 1.807) is 24.3 Å². The molecule has 1 atom stereocenters. The van der Waals surface area contributed by atoms with Crippen LogP contribution in [0.1, 0.15) is 22.8 Å². The molecule has 6 nitrogen and oxygen atoms in total. The first-order valence-electron chi connectivity index (χ1n) is 10.8. The number of amides is 1. The Balaban J connectivity index is 1.54. The van der Waals surface area contributed by atoms with Crippen molar-refractivity contribution in [3.8, 4) is 0 Å². The maximum absolute atomic E-state index is 14.7. The summed E-state index contributed by atoms with van der Waals surface area (Å²) in [5.74, 6) is -1.40. The van der Waals surface area contributed by atoms with Gasteiger partial charge in [-0.15, -0.1) is 0 Å². The van der Waals surface area contributed by atoms with Crippen molar-refractivity contribution in [2.75, 3.05) is 29.9 Å². The van der Waals surface area contributed by atoms with Gasteiger partial charge in [0.15, 0.2) is 0 Å². The number of carbonyl (C=O) groups excluding carboxylic acids is 1. The van der Waals surface area contributed by atoms with Crippen LogP contribution in [0.25, 0.3) is 0 Å². The zero-order valence-corrected chi connectivity index (χ0v) is 21.2. The summed E-state index contributed by atoms with van der Waals surface area (Å²) in [6, 6.07) is 18.3. The highest BCUT2D eigenvalue weighted by molar-refractivity contribution is 9.10. The van der Waals surface area contributed by atoms with Gasteiger partial charge in [0.1, 0.15) is 10.7 Å². The standard InChI is InChI=1S/C25H25BrFN3O3S/c1-17-4-3-5-22(14-17)30-13-12-29(16-18(30)2)34(32,33)24-15-19(6-11-23(24)27)25(31)28-21-9-7-20(26)8-10-21/h3-11,14-15,18H,12-13,16H2,1-2H3,(H,28,31)/t18-/m0/s1. The highest BCUT2D eigenvalue weighted by atomic mass is 79.9. The lowest BCUT2D eigenvalue weighted by molar-refractivity contribution is 0.102. The van der Waals surface area contributed by atoms with Crippen molar-refractivity contribution >= 4 is 43.2 Å². The minimum absolute atomic E-state index is 0.0642. The first kappa shape index (κ1) is 24.4. The molecule has 0 radical (unpaired) electrons. The molecule has 0 saturated carbocycles. The molecule has 1 N–H and O–H groups in total. The third-order valence-corrected chi connectivity index (χ3v) is 8.25. The van der Waals surface area contributed by atoms with Crippen LogP contribution in [0.4, 0.5) is 15.8 Å². The smallest absolute Gasteiger partial charge is 0.255 e. The average molecular weight is 546 g/mol. The summed E-state index contributed by atoms with van der Waals surface area (Å²) in [5.41, 5.74) is 2.76.